The Morgan fingerprint density at radius 2 is 1.90 bits per heavy atom. The fourth-order valence-corrected chi connectivity index (χ4v) is 4.82. The highest BCUT2D eigenvalue weighted by atomic mass is 79.9. The van der Waals surface area contributed by atoms with Crippen LogP contribution < -0.4 is 4.90 Å². The Hall–Kier alpha value is -1.99. The van der Waals surface area contributed by atoms with Crippen molar-refractivity contribution in [3.8, 4) is 0 Å². The van der Waals surface area contributed by atoms with Gasteiger partial charge in [0, 0.05) is 19.9 Å². The number of aryl methyl sites for hydroxylation is 1. The largest absolute Gasteiger partial charge is 0.375 e. The Morgan fingerprint density at radius 3 is 2.55 bits per heavy atom. The molecule has 0 saturated heterocycles. The number of halogens is 2. The third-order valence-corrected chi connectivity index (χ3v) is 6.77. The fraction of sp³-hybridized carbons (Fsp3) is 0.182. The molecule has 0 spiro atoms. The lowest BCUT2D eigenvalue weighted by Gasteiger charge is -2.22. The van der Waals surface area contributed by atoms with Gasteiger partial charge < -0.3 is 10.0 Å². The van der Waals surface area contributed by atoms with E-state index in [1.807, 2.05) is 31.2 Å². The molecule has 0 bridgehead atoms. The SMILES string of the molecule is Cc1ccc(C(=O)CC2(O)C(=O)N(Cc3ccc(Cl)cc3)c3ccc(Br)cc32)s1. The third kappa shape index (κ3) is 3.78. The molecule has 1 aliphatic heterocycles. The first-order chi connectivity index (χ1) is 13.8. The van der Waals surface area contributed by atoms with Crippen LogP contribution in [0.5, 0.6) is 0 Å². The predicted molar refractivity (Wildman–Crippen MR) is 119 cm³/mol. The third-order valence-electron chi connectivity index (χ3n) is 4.98. The molecule has 148 valence electrons. The van der Waals surface area contributed by atoms with E-state index < -0.39 is 11.5 Å². The Kier molecular flexibility index (Phi) is 5.38. The number of Topliss-reactive ketones (excluding diaryl/α,β-unsaturated/α-hetero) is 1. The van der Waals surface area contributed by atoms with E-state index in [0.29, 0.717) is 21.2 Å². The van der Waals surface area contributed by atoms with Gasteiger partial charge in [-0.15, -0.1) is 11.3 Å². The van der Waals surface area contributed by atoms with Crippen LogP contribution in [0.2, 0.25) is 5.02 Å². The second-order valence-electron chi connectivity index (χ2n) is 7.05. The number of rotatable bonds is 5. The number of thiophene rings is 1. The number of anilines is 1. The molecule has 1 amide bonds. The van der Waals surface area contributed by atoms with Crippen molar-refractivity contribution in [2.75, 3.05) is 4.90 Å². The smallest absolute Gasteiger partial charge is 0.264 e. The number of benzene rings is 2. The first kappa shape index (κ1) is 20.3. The molecule has 0 radical (unpaired) electrons. The molecule has 4 nitrogen and oxygen atoms in total. The first-order valence-electron chi connectivity index (χ1n) is 8.96. The maximum absolute atomic E-state index is 13.3. The number of fused-ring (bicyclic) bond motifs is 1. The van der Waals surface area contributed by atoms with Gasteiger partial charge in [0.05, 0.1) is 23.5 Å². The first-order valence-corrected chi connectivity index (χ1v) is 10.9. The van der Waals surface area contributed by atoms with Crippen LogP contribution in [0.4, 0.5) is 5.69 Å². The summed E-state index contributed by atoms with van der Waals surface area (Å²) < 4.78 is 0.732. The molecule has 0 saturated carbocycles. The normalized spacial score (nSPS) is 18.2. The molecule has 2 heterocycles. The summed E-state index contributed by atoms with van der Waals surface area (Å²) in [5, 5.41) is 12.0. The monoisotopic (exact) mass is 489 g/mol. The van der Waals surface area contributed by atoms with Crippen LogP contribution in [-0.4, -0.2) is 16.8 Å². The zero-order valence-corrected chi connectivity index (χ0v) is 18.6. The van der Waals surface area contributed by atoms with Crippen molar-refractivity contribution < 1.29 is 14.7 Å². The van der Waals surface area contributed by atoms with Crippen LogP contribution >= 0.6 is 38.9 Å². The number of amides is 1. The average molecular weight is 491 g/mol. The Morgan fingerprint density at radius 1 is 1.17 bits per heavy atom. The van der Waals surface area contributed by atoms with Gasteiger partial charge in [0.25, 0.3) is 5.91 Å². The summed E-state index contributed by atoms with van der Waals surface area (Å²) in [5.74, 6) is -0.750. The molecule has 0 aliphatic carbocycles. The number of ketones is 1. The van der Waals surface area contributed by atoms with Crippen LogP contribution in [-0.2, 0) is 16.9 Å². The summed E-state index contributed by atoms with van der Waals surface area (Å²) in [4.78, 5) is 29.2. The van der Waals surface area contributed by atoms with E-state index in [-0.39, 0.29) is 18.7 Å². The molecule has 7 heteroatoms. The summed E-state index contributed by atoms with van der Waals surface area (Å²) in [6.45, 7) is 2.19. The summed E-state index contributed by atoms with van der Waals surface area (Å²) in [6.07, 6.45) is -0.299. The van der Waals surface area contributed by atoms with Gasteiger partial charge in [-0.2, -0.15) is 0 Å². The van der Waals surface area contributed by atoms with Crippen molar-refractivity contribution in [3.05, 3.63) is 85.0 Å². The van der Waals surface area contributed by atoms with Gasteiger partial charge in [0.15, 0.2) is 11.4 Å². The predicted octanol–water partition coefficient (Wildman–Crippen LogP) is 5.48. The molecular weight excluding hydrogens is 474 g/mol. The maximum Gasteiger partial charge on any atom is 0.264 e. The van der Waals surface area contributed by atoms with Crippen molar-refractivity contribution in [1.29, 1.82) is 0 Å². The van der Waals surface area contributed by atoms with Gasteiger partial charge in [-0.1, -0.05) is 39.7 Å². The van der Waals surface area contributed by atoms with E-state index in [0.717, 1.165) is 14.9 Å². The minimum atomic E-state index is -1.90. The lowest BCUT2D eigenvalue weighted by atomic mass is 9.89. The van der Waals surface area contributed by atoms with E-state index in [4.69, 9.17) is 11.6 Å². The van der Waals surface area contributed by atoms with Gasteiger partial charge in [-0.05, 0) is 55.0 Å². The summed E-state index contributed by atoms with van der Waals surface area (Å²) >= 11 is 10.7. The molecule has 1 atom stereocenters. The van der Waals surface area contributed by atoms with Crippen LogP contribution in [0.15, 0.2) is 59.1 Å². The molecule has 2 aromatic carbocycles. The molecule has 1 aliphatic rings. The Bertz CT molecular complexity index is 1110. The number of hydrogen-bond acceptors (Lipinski definition) is 4. The number of carbonyl (C=O) groups excluding carboxylic acids is 2. The number of nitrogens with zero attached hydrogens (tertiary/aromatic N) is 1. The standard InChI is InChI=1S/C22H17BrClNO3S/c1-13-2-9-20(29-13)19(26)11-22(28)17-10-15(23)5-8-18(17)25(21(22)27)12-14-3-6-16(24)7-4-14/h2-10,28H,11-12H2,1H3. The molecule has 3 aromatic rings. The van der Waals surface area contributed by atoms with Crippen molar-refractivity contribution in [2.24, 2.45) is 0 Å². The number of carbonyl (C=O) groups is 2. The summed E-state index contributed by atoms with van der Waals surface area (Å²) in [5.41, 5.74) is 0.0138. The summed E-state index contributed by atoms with van der Waals surface area (Å²) in [7, 11) is 0. The second-order valence-corrected chi connectivity index (χ2v) is 9.69. The van der Waals surface area contributed by atoms with E-state index in [1.165, 1.54) is 16.2 Å². The number of aliphatic hydroxyl groups is 1. The highest BCUT2D eigenvalue weighted by Gasteiger charge is 2.51. The minimum absolute atomic E-state index is 0.252. The topological polar surface area (TPSA) is 57.6 Å². The van der Waals surface area contributed by atoms with Crippen LogP contribution in [0.1, 0.15) is 32.1 Å². The Balaban J connectivity index is 1.71. The van der Waals surface area contributed by atoms with Crippen LogP contribution in [0.3, 0.4) is 0 Å². The van der Waals surface area contributed by atoms with E-state index in [1.54, 1.807) is 30.3 Å². The average Bonchev–Trinajstić information content (AvgIpc) is 3.20. The van der Waals surface area contributed by atoms with Crippen molar-refractivity contribution in [3.63, 3.8) is 0 Å². The Labute approximate surface area is 185 Å². The van der Waals surface area contributed by atoms with Crippen molar-refractivity contribution >= 4 is 56.2 Å². The highest BCUT2D eigenvalue weighted by Crippen LogP contribution is 2.45. The van der Waals surface area contributed by atoms with Gasteiger partial charge in [-0.25, -0.2) is 0 Å². The molecule has 4 rings (SSSR count). The molecule has 1 N–H and O–H groups in total. The number of hydrogen-bond donors (Lipinski definition) is 1. The minimum Gasteiger partial charge on any atom is -0.375 e. The van der Waals surface area contributed by atoms with E-state index in [2.05, 4.69) is 15.9 Å². The molecule has 1 unspecified atom stereocenters. The second kappa shape index (κ2) is 7.69. The van der Waals surface area contributed by atoms with Gasteiger partial charge in [0.2, 0.25) is 0 Å². The van der Waals surface area contributed by atoms with Gasteiger partial charge >= 0.3 is 0 Å². The van der Waals surface area contributed by atoms with Crippen LogP contribution in [0, 0.1) is 6.92 Å². The molecule has 0 fully saturated rings. The quantitative estimate of drug-likeness (QED) is 0.482. The lowest BCUT2D eigenvalue weighted by molar-refractivity contribution is -0.136. The zero-order chi connectivity index (χ0) is 20.8. The zero-order valence-electron chi connectivity index (χ0n) is 15.5. The van der Waals surface area contributed by atoms with Crippen molar-refractivity contribution in [1.82, 2.24) is 0 Å². The van der Waals surface area contributed by atoms with Gasteiger partial charge in [0.1, 0.15) is 0 Å². The lowest BCUT2D eigenvalue weighted by Crippen LogP contribution is -2.41. The van der Waals surface area contributed by atoms with Gasteiger partial charge in [-0.3, -0.25) is 9.59 Å². The molecular formula is C22H17BrClNO3S. The maximum atomic E-state index is 13.3. The van der Waals surface area contributed by atoms with E-state index >= 15 is 0 Å². The molecule has 1 aromatic heterocycles. The summed E-state index contributed by atoms with van der Waals surface area (Å²) in [6, 6.07) is 16.1. The fourth-order valence-electron chi connectivity index (χ4n) is 3.53. The molecule has 29 heavy (non-hydrogen) atoms. The van der Waals surface area contributed by atoms with Crippen LogP contribution in [0.25, 0.3) is 0 Å². The van der Waals surface area contributed by atoms with E-state index in [9.17, 15) is 14.7 Å². The highest BCUT2D eigenvalue weighted by molar-refractivity contribution is 9.10. The van der Waals surface area contributed by atoms with Crippen molar-refractivity contribution in [2.45, 2.75) is 25.5 Å².